The van der Waals surface area contributed by atoms with Crippen LogP contribution < -0.4 is 0 Å². The Kier molecular flexibility index (Phi) is 5.06. The number of hydrogen-bond donors (Lipinski definition) is 1. The molecule has 0 spiro atoms. The minimum absolute atomic E-state index is 0.0338. The zero-order valence-electron chi connectivity index (χ0n) is 11.3. The third kappa shape index (κ3) is 3.54. The highest BCUT2D eigenvalue weighted by Gasteiger charge is 2.27. The predicted octanol–water partition coefficient (Wildman–Crippen LogP) is 2.27. The summed E-state index contributed by atoms with van der Waals surface area (Å²) < 4.78 is 25.9. The summed E-state index contributed by atoms with van der Waals surface area (Å²) in [4.78, 5) is 13.9. The topological polar surface area (TPSA) is 40.5 Å². The molecule has 1 aromatic rings. The van der Waals surface area contributed by atoms with Gasteiger partial charge < -0.3 is 10.0 Å². The minimum atomic E-state index is -0.888. The molecule has 1 fully saturated rings. The molecule has 0 unspecified atom stereocenters. The quantitative estimate of drug-likeness (QED) is 0.870. The molecule has 110 valence electrons. The second-order valence-electron chi connectivity index (χ2n) is 5.14. The summed E-state index contributed by atoms with van der Waals surface area (Å²) in [6.45, 7) is 0.300. The lowest BCUT2D eigenvalue weighted by atomic mass is 9.91. The van der Waals surface area contributed by atoms with Gasteiger partial charge in [0.2, 0.25) is 5.91 Å². The van der Waals surface area contributed by atoms with Crippen molar-refractivity contribution in [1.29, 1.82) is 0 Å². The number of aliphatic hydroxyl groups excluding tert-OH is 1. The molecular formula is C15H19F2NO2. The number of benzene rings is 1. The summed E-state index contributed by atoms with van der Waals surface area (Å²) in [5.41, 5.74) is 0.606. The zero-order valence-corrected chi connectivity index (χ0v) is 11.3. The number of nitrogens with zero attached hydrogens (tertiary/aromatic N) is 1. The van der Waals surface area contributed by atoms with Crippen LogP contribution in [-0.4, -0.2) is 35.1 Å². The van der Waals surface area contributed by atoms with Crippen LogP contribution in [0.4, 0.5) is 8.78 Å². The molecule has 2 rings (SSSR count). The van der Waals surface area contributed by atoms with Gasteiger partial charge in [0.05, 0.1) is 6.61 Å². The van der Waals surface area contributed by atoms with Crippen LogP contribution in [0.25, 0.3) is 0 Å². The van der Waals surface area contributed by atoms with Crippen LogP contribution in [0, 0.1) is 11.6 Å². The first-order valence-electron chi connectivity index (χ1n) is 6.96. The fourth-order valence-electron chi connectivity index (χ4n) is 2.41. The Morgan fingerprint density at radius 3 is 2.60 bits per heavy atom. The van der Waals surface area contributed by atoms with Gasteiger partial charge in [0, 0.05) is 19.0 Å². The van der Waals surface area contributed by atoms with Crippen LogP contribution in [-0.2, 0) is 11.2 Å². The Labute approximate surface area is 117 Å². The Morgan fingerprint density at radius 2 is 2.05 bits per heavy atom. The van der Waals surface area contributed by atoms with Crippen LogP contribution in [0.5, 0.6) is 0 Å². The van der Waals surface area contributed by atoms with Gasteiger partial charge >= 0.3 is 0 Å². The number of amides is 1. The maximum atomic E-state index is 13.1. The third-order valence-corrected chi connectivity index (χ3v) is 3.79. The van der Waals surface area contributed by atoms with E-state index in [4.69, 9.17) is 5.11 Å². The molecule has 1 N–H and O–H groups in total. The first-order valence-corrected chi connectivity index (χ1v) is 6.96. The molecule has 0 heterocycles. The van der Waals surface area contributed by atoms with Gasteiger partial charge in [-0.1, -0.05) is 6.07 Å². The average Bonchev–Trinajstić information content (AvgIpc) is 2.37. The van der Waals surface area contributed by atoms with Gasteiger partial charge in [0.15, 0.2) is 11.6 Å². The first-order chi connectivity index (χ1) is 9.61. The highest BCUT2D eigenvalue weighted by molar-refractivity contribution is 5.77. The van der Waals surface area contributed by atoms with Gasteiger partial charge in [-0.2, -0.15) is 0 Å². The van der Waals surface area contributed by atoms with Crippen molar-refractivity contribution in [2.75, 3.05) is 13.2 Å². The smallest absolute Gasteiger partial charge is 0.223 e. The molecule has 0 saturated heterocycles. The highest BCUT2D eigenvalue weighted by atomic mass is 19.2. The van der Waals surface area contributed by atoms with E-state index in [-0.39, 0.29) is 25.0 Å². The molecule has 0 aromatic heterocycles. The van der Waals surface area contributed by atoms with Gasteiger partial charge in [-0.05, 0) is 43.4 Å². The molecule has 1 saturated carbocycles. The molecule has 1 aliphatic rings. The maximum absolute atomic E-state index is 13.1. The molecule has 0 aliphatic heterocycles. The van der Waals surface area contributed by atoms with Crippen molar-refractivity contribution in [3.05, 3.63) is 35.4 Å². The summed E-state index contributed by atoms with van der Waals surface area (Å²) in [6.07, 6.45) is 3.71. The van der Waals surface area contributed by atoms with Crippen molar-refractivity contribution in [3.8, 4) is 0 Å². The number of carbonyl (C=O) groups is 1. The number of aliphatic hydroxyl groups is 1. The van der Waals surface area contributed by atoms with E-state index >= 15 is 0 Å². The van der Waals surface area contributed by atoms with Crippen molar-refractivity contribution in [2.45, 2.75) is 38.1 Å². The van der Waals surface area contributed by atoms with Gasteiger partial charge in [0.1, 0.15) is 0 Å². The fraction of sp³-hybridized carbons (Fsp3) is 0.533. The zero-order chi connectivity index (χ0) is 14.5. The van der Waals surface area contributed by atoms with Crippen molar-refractivity contribution in [1.82, 2.24) is 4.90 Å². The van der Waals surface area contributed by atoms with E-state index in [1.165, 1.54) is 6.07 Å². The Bertz CT molecular complexity index is 475. The third-order valence-electron chi connectivity index (χ3n) is 3.79. The lowest BCUT2D eigenvalue weighted by Crippen LogP contribution is -2.45. The molecule has 0 bridgehead atoms. The molecule has 5 heteroatoms. The van der Waals surface area contributed by atoms with Crippen molar-refractivity contribution >= 4 is 5.91 Å². The second-order valence-corrected chi connectivity index (χ2v) is 5.14. The lowest BCUT2D eigenvalue weighted by molar-refractivity contribution is -0.135. The maximum Gasteiger partial charge on any atom is 0.223 e. The van der Waals surface area contributed by atoms with E-state index in [9.17, 15) is 13.6 Å². The van der Waals surface area contributed by atoms with Crippen molar-refractivity contribution in [2.24, 2.45) is 0 Å². The number of aryl methyl sites for hydroxylation is 1. The normalized spacial score (nSPS) is 14.9. The van der Waals surface area contributed by atoms with Crippen LogP contribution in [0.3, 0.4) is 0 Å². The molecule has 3 nitrogen and oxygen atoms in total. The van der Waals surface area contributed by atoms with E-state index < -0.39 is 11.6 Å². The van der Waals surface area contributed by atoms with Crippen LogP contribution in [0.2, 0.25) is 0 Å². The van der Waals surface area contributed by atoms with E-state index in [1.54, 1.807) is 4.90 Å². The van der Waals surface area contributed by atoms with Crippen LogP contribution in [0.1, 0.15) is 31.2 Å². The standard InChI is InChI=1S/C15H19F2NO2/c16-13-6-4-11(10-14(13)17)5-7-15(20)18(8-9-19)12-2-1-3-12/h4,6,10,12,19H,1-3,5,7-9H2. The van der Waals surface area contributed by atoms with Crippen LogP contribution in [0.15, 0.2) is 18.2 Å². The molecule has 20 heavy (non-hydrogen) atoms. The first kappa shape index (κ1) is 14.9. The van der Waals surface area contributed by atoms with E-state index in [0.29, 0.717) is 18.5 Å². The van der Waals surface area contributed by atoms with Crippen LogP contribution >= 0.6 is 0 Å². The van der Waals surface area contributed by atoms with E-state index in [1.807, 2.05) is 0 Å². The molecule has 0 radical (unpaired) electrons. The van der Waals surface area contributed by atoms with Gasteiger partial charge in [-0.3, -0.25) is 4.79 Å². The minimum Gasteiger partial charge on any atom is -0.395 e. The molecule has 1 aromatic carbocycles. The average molecular weight is 283 g/mol. The molecular weight excluding hydrogens is 264 g/mol. The molecule has 1 amide bonds. The molecule has 1 aliphatic carbocycles. The molecule has 0 atom stereocenters. The summed E-state index contributed by atoms with van der Waals surface area (Å²) in [5.74, 6) is -1.80. The summed E-state index contributed by atoms with van der Waals surface area (Å²) in [5, 5.41) is 9.02. The lowest BCUT2D eigenvalue weighted by Gasteiger charge is -2.37. The van der Waals surface area contributed by atoms with E-state index in [0.717, 1.165) is 31.4 Å². The Hall–Kier alpha value is -1.49. The fourth-order valence-corrected chi connectivity index (χ4v) is 2.41. The summed E-state index contributed by atoms with van der Waals surface area (Å²) >= 11 is 0. The SMILES string of the molecule is O=C(CCc1ccc(F)c(F)c1)N(CCO)C1CCC1. The predicted molar refractivity (Wildman–Crippen MR) is 71.1 cm³/mol. The summed E-state index contributed by atoms with van der Waals surface area (Å²) in [7, 11) is 0. The number of halogens is 2. The Balaban J connectivity index is 1.90. The number of rotatable bonds is 6. The summed E-state index contributed by atoms with van der Waals surface area (Å²) in [6, 6.07) is 3.93. The van der Waals surface area contributed by atoms with Gasteiger partial charge in [-0.25, -0.2) is 8.78 Å². The van der Waals surface area contributed by atoms with Gasteiger partial charge in [0.25, 0.3) is 0 Å². The number of carbonyl (C=O) groups excluding carboxylic acids is 1. The van der Waals surface area contributed by atoms with Gasteiger partial charge in [-0.15, -0.1) is 0 Å². The largest absolute Gasteiger partial charge is 0.395 e. The van der Waals surface area contributed by atoms with Crippen molar-refractivity contribution in [3.63, 3.8) is 0 Å². The van der Waals surface area contributed by atoms with E-state index in [2.05, 4.69) is 0 Å². The number of hydrogen-bond acceptors (Lipinski definition) is 2. The highest BCUT2D eigenvalue weighted by Crippen LogP contribution is 2.25. The monoisotopic (exact) mass is 283 g/mol. The van der Waals surface area contributed by atoms with Crippen molar-refractivity contribution < 1.29 is 18.7 Å². The second kappa shape index (κ2) is 6.79. The Morgan fingerprint density at radius 1 is 1.30 bits per heavy atom.